The number of rotatable bonds is 5. The molecule has 2 heterocycles. The maximum atomic E-state index is 13.7. The molecule has 1 aliphatic carbocycles. The van der Waals surface area contributed by atoms with Crippen molar-refractivity contribution in [3.8, 4) is 11.3 Å². The van der Waals surface area contributed by atoms with Crippen LogP contribution in [0.15, 0.2) is 34.2 Å². The van der Waals surface area contributed by atoms with Crippen molar-refractivity contribution in [1.29, 1.82) is 0 Å². The molecule has 1 atom stereocenters. The average Bonchev–Trinajstić information content (AvgIpc) is 2.97. The molecule has 1 aromatic carbocycles. The molecule has 5 nitrogen and oxygen atoms in total. The van der Waals surface area contributed by atoms with Gasteiger partial charge < -0.3 is 0 Å². The van der Waals surface area contributed by atoms with E-state index in [4.69, 9.17) is 4.98 Å². The van der Waals surface area contributed by atoms with E-state index in [2.05, 4.69) is 51.0 Å². The van der Waals surface area contributed by atoms with Gasteiger partial charge in [0.05, 0.1) is 11.3 Å². The van der Waals surface area contributed by atoms with Crippen LogP contribution in [0.2, 0.25) is 0 Å². The molecule has 28 heavy (non-hydrogen) atoms. The highest BCUT2D eigenvalue weighted by molar-refractivity contribution is 7.99. The lowest BCUT2D eigenvalue weighted by Crippen LogP contribution is -2.37. The molecule has 0 saturated carbocycles. The summed E-state index contributed by atoms with van der Waals surface area (Å²) in [4.78, 5) is 18.7. The second-order valence-electron chi connectivity index (χ2n) is 8.46. The maximum Gasteiger partial charge on any atom is 0.265 e. The van der Waals surface area contributed by atoms with Gasteiger partial charge >= 0.3 is 0 Å². The first-order chi connectivity index (χ1) is 13.4. The summed E-state index contributed by atoms with van der Waals surface area (Å²) >= 11 is 1.65. The van der Waals surface area contributed by atoms with E-state index in [1.54, 1.807) is 20.8 Å². The summed E-state index contributed by atoms with van der Waals surface area (Å²) in [6.45, 7) is 8.78. The number of aromatic nitrogens is 4. The molecule has 0 fully saturated rings. The largest absolute Gasteiger partial charge is 0.268 e. The van der Waals surface area contributed by atoms with Crippen molar-refractivity contribution in [2.75, 3.05) is 5.75 Å². The van der Waals surface area contributed by atoms with E-state index in [0.717, 1.165) is 47.0 Å². The zero-order chi connectivity index (χ0) is 20.1. The fraction of sp³-hybridized carbons (Fsp3) is 0.500. The van der Waals surface area contributed by atoms with Crippen LogP contribution in [0.4, 0.5) is 0 Å². The van der Waals surface area contributed by atoms with Crippen LogP contribution < -0.4 is 5.56 Å². The van der Waals surface area contributed by atoms with Gasteiger partial charge in [-0.1, -0.05) is 63.7 Å². The van der Waals surface area contributed by atoms with Crippen LogP contribution in [0.3, 0.4) is 0 Å². The second kappa shape index (κ2) is 7.07. The molecule has 1 aliphatic rings. The van der Waals surface area contributed by atoms with Gasteiger partial charge in [-0.05, 0) is 30.7 Å². The van der Waals surface area contributed by atoms with Crippen molar-refractivity contribution in [2.45, 2.75) is 57.5 Å². The molecule has 0 N–H and O–H groups in total. The normalized spacial score (nSPS) is 18.5. The first-order valence-corrected chi connectivity index (χ1v) is 11.1. The molecule has 0 aliphatic heterocycles. The monoisotopic (exact) mass is 396 g/mol. The van der Waals surface area contributed by atoms with Gasteiger partial charge in [-0.2, -0.15) is 0 Å². The van der Waals surface area contributed by atoms with Crippen LogP contribution in [0, 0.1) is 5.92 Å². The maximum absolute atomic E-state index is 13.7. The predicted molar refractivity (Wildman–Crippen MR) is 115 cm³/mol. The van der Waals surface area contributed by atoms with Crippen LogP contribution in [0.5, 0.6) is 0 Å². The third kappa shape index (κ3) is 2.98. The number of aryl methyl sites for hydroxylation is 1. The molecule has 0 spiro atoms. The Balaban J connectivity index is 1.96. The molecule has 0 bridgehead atoms. The van der Waals surface area contributed by atoms with E-state index in [0.29, 0.717) is 11.7 Å². The topological polar surface area (TPSA) is 52.2 Å². The van der Waals surface area contributed by atoms with E-state index in [9.17, 15) is 4.79 Å². The Labute approximate surface area is 170 Å². The fourth-order valence-electron chi connectivity index (χ4n) is 4.05. The second-order valence-corrected chi connectivity index (χ2v) is 9.52. The molecule has 0 saturated heterocycles. The smallest absolute Gasteiger partial charge is 0.265 e. The highest BCUT2D eigenvalue weighted by Gasteiger charge is 2.38. The van der Waals surface area contributed by atoms with Gasteiger partial charge in [0.15, 0.2) is 5.16 Å². The van der Waals surface area contributed by atoms with Crippen LogP contribution >= 0.6 is 11.8 Å². The highest BCUT2D eigenvalue weighted by Crippen LogP contribution is 2.42. The minimum atomic E-state index is -0.218. The van der Waals surface area contributed by atoms with Crippen LogP contribution in [0.25, 0.3) is 17.0 Å². The molecule has 148 valence electrons. The molecule has 0 amide bonds. The minimum absolute atomic E-state index is 0.0407. The number of hydrogen-bond acceptors (Lipinski definition) is 4. The molecule has 4 rings (SSSR count). The Morgan fingerprint density at radius 2 is 2.04 bits per heavy atom. The van der Waals surface area contributed by atoms with Gasteiger partial charge in [0, 0.05) is 23.8 Å². The SMILES string of the molecule is CC[C@@]1(C)Cc2ccccc2-c2nc3n(C)nc(SCCC(C)C)n3c(=O)c21. The van der Waals surface area contributed by atoms with Gasteiger partial charge in [0.1, 0.15) is 0 Å². The summed E-state index contributed by atoms with van der Waals surface area (Å²) in [5.41, 5.74) is 3.84. The number of benzene rings is 1. The first kappa shape index (κ1) is 19.2. The number of thioether (sulfide) groups is 1. The lowest BCUT2D eigenvalue weighted by Gasteiger charge is -2.34. The Bertz CT molecular complexity index is 1100. The Morgan fingerprint density at radius 3 is 2.75 bits per heavy atom. The first-order valence-electron chi connectivity index (χ1n) is 10.1. The Kier molecular flexibility index (Phi) is 4.86. The van der Waals surface area contributed by atoms with Gasteiger partial charge in [0.25, 0.3) is 5.56 Å². The molecule has 0 radical (unpaired) electrons. The summed E-state index contributed by atoms with van der Waals surface area (Å²) < 4.78 is 3.46. The van der Waals surface area contributed by atoms with Crippen molar-refractivity contribution in [2.24, 2.45) is 13.0 Å². The number of hydrogen-bond donors (Lipinski definition) is 0. The van der Waals surface area contributed by atoms with Crippen molar-refractivity contribution >= 4 is 17.5 Å². The third-order valence-corrected chi connectivity index (χ3v) is 6.91. The summed E-state index contributed by atoms with van der Waals surface area (Å²) in [6, 6.07) is 8.34. The van der Waals surface area contributed by atoms with Crippen molar-refractivity contribution < 1.29 is 0 Å². The Morgan fingerprint density at radius 1 is 1.29 bits per heavy atom. The van der Waals surface area contributed by atoms with Crippen LogP contribution in [-0.2, 0) is 18.9 Å². The lowest BCUT2D eigenvalue weighted by molar-refractivity contribution is 0.439. The van der Waals surface area contributed by atoms with E-state index >= 15 is 0 Å². The fourth-order valence-corrected chi connectivity index (χ4v) is 5.30. The zero-order valence-corrected chi connectivity index (χ0v) is 18.1. The molecular formula is C22H28N4OS. The molecule has 6 heteroatoms. The van der Waals surface area contributed by atoms with Crippen molar-refractivity contribution in [1.82, 2.24) is 19.2 Å². The number of nitrogens with zero attached hydrogens (tertiary/aromatic N) is 4. The summed E-state index contributed by atoms with van der Waals surface area (Å²) in [5.74, 6) is 2.19. The molecular weight excluding hydrogens is 368 g/mol. The van der Waals surface area contributed by atoms with Crippen molar-refractivity contribution in [3.63, 3.8) is 0 Å². The quantitative estimate of drug-likeness (QED) is 0.598. The lowest BCUT2D eigenvalue weighted by atomic mass is 9.69. The van der Waals surface area contributed by atoms with E-state index < -0.39 is 0 Å². The van der Waals surface area contributed by atoms with Crippen molar-refractivity contribution in [3.05, 3.63) is 45.7 Å². The van der Waals surface area contributed by atoms with E-state index in [-0.39, 0.29) is 11.0 Å². The zero-order valence-electron chi connectivity index (χ0n) is 17.3. The number of fused-ring (bicyclic) bond motifs is 4. The highest BCUT2D eigenvalue weighted by atomic mass is 32.2. The molecule has 2 aromatic heterocycles. The average molecular weight is 397 g/mol. The van der Waals surface area contributed by atoms with Crippen LogP contribution in [-0.4, -0.2) is 24.9 Å². The summed E-state index contributed by atoms with van der Waals surface area (Å²) in [5, 5.41) is 5.37. The van der Waals surface area contributed by atoms with Gasteiger partial charge in [-0.15, -0.1) is 5.10 Å². The van der Waals surface area contributed by atoms with Gasteiger partial charge in [-0.25, -0.2) is 14.1 Å². The van der Waals surface area contributed by atoms with Gasteiger partial charge in [-0.3, -0.25) is 4.79 Å². The standard InChI is InChI=1S/C22H28N4OS/c1-6-22(4)13-15-9-7-8-10-16(15)18-17(22)19(27)26-20(23-18)25(5)24-21(26)28-12-11-14(2)3/h7-10,14H,6,11-13H2,1-5H3/t22-/m0/s1. The molecule has 3 aromatic rings. The predicted octanol–water partition coefficient (Wildman–Crippen LogP) is 4.46. The Hall–Kier alpha value is -2.08. The van der Waals surface area contributed by atoms with Gasteiger partial charge in [0.2, 0.25) is 5.78 Å². The molecule has 0 unspecified atom stereocenters. The summed E-state index contributed by atoms with van der Waals surface area (Å²) in [6.07, 6.45) is 2.86. The van der Waals surface area contributed by atoms with E-state index in [1.807, 2.05) is 13.1 Å². The summed E-state index contributed by atoms with van der Waals surface area (Å²) in [7, 11) is 1.87. The minimum Gasteiger partial charge on any atom is -0.268 e. The van der Waals surface area contributed by atoms with Crippen LogP contribution in [0.1, 0.15) is 51.7 Å². The van der Waals surface area contributed by atoms with E-state index in [1.165, 1.54) is 5.56 Å². The third-order valence-electron chi connectivity index (χ3n) is 5.95.